The van der Waals surface area contributed by atoms with Crippen molar-refractivity contribution in [1.82, 2.24) is 24.8 Å². The van der Waals surface area contributed by atoms with Gasteiger partial charge >= 0.3 is 0 Å². The maximum Gasteiger partial charge on any atom is 0.281 e. The fourth-order valence-corrected chi connectivity index (χ4v) is 2.20. The summed E-state index contributed by atoms with van der Waals surface area (Å²) in [7, 11) is 0. The topological polar surface area (TPSA) is 72.7 Å². The number of rotatable bonds is 1. The van der Waals surface area contributed by atoms with Crippen LogP contribution >= 0.6 is 0 Å². The second-order valence-corrected chi connectivity index (χ2v) is 4.19. The Hall–Kier alpha value is -1.82. The third kappa shape index (κ3) is 1.80. The van der Waals surface area contributed by atoms with E-state index in [4.69, 9.17) is 0 Å². The number of nitrogens with zero attached hydrogens (tertiary/aromatic N) is 4. The van der Waals surface area contributed by atoms with Crippen molar-refractivity contribution in [2.24, 2.45) is 0 Å². The maximum atomic E-state index is 12.2. The Labute approximate surface area is 97.7 Å². The quantitative estimate of drug-likeness (QED) is 0.754. The van der Waals surface area contributed by atoms with E-state index in [0.717, 1.165) is 25.9 Å². The van der Waals surface area contributed by atoms with Crippen LogP contribution in [0.25, 0.3) is 11.2 Å². The molecule has 3 rings (SSSR count). The van der Waals surface area contributed by atoms with Crippen LogP contribution in [0.15, 0.2) is 23.5 Å². The number of fused-ring (bicyclic) bond motifs is 1. The highest BCUT2D eigenvalue weighted by molar-refractivity contribution is 5.66. The minimum Gasteiger partial charge on any atom is -0.315 e. The lowest BCUT2D eigenvalue weighted by molar-refractivity contribution is 0.362. The van der Waals surface area contributed by atoms with Crippen LogP contribution < -0.4 is 10.9 Å². The first-order valence-electron chi connectivity index (χ1n) is 5.75. The third-order valence-electron chi connectivity index (χ3n) is 3.08. The highest BCUT2D eigenvalue weighted by Gasteiger charge is 2.17. The summed E-state index contributed by atoms with van der Waals surface area (Å²) in [6.07, 6.45) is 6.73. The van der Waals surface area contributed by atoms with Gasteiger partial charge in [-0.05, 0) is 19.4 Å². The fourth-order valence-electron chi connectivity index (χ4n) is 2.20. The fraction of sp³-hybridized carbons (Fsp3) is 0.455. The van der Waals surface area contributed by atoms with Crippen molar-refractivity contribution in [1.29, 1.82) is 0 Å². The van der Waals surface area contributed by atoms with Crippen LogP contribution in [0.5, 0.6) is 0 Å². The Morgan fingerprint density at radius 3 is 3.00 bits per heavy atom. The van der Waals surface area contributed by atoms with E-state index in [9.17, 15) is 4.79 Å². The van der Waals surface area contributed by atoms with E-state index in [1.807, 2.05) is 0 Å². The van der Waals surface area contributed by atoms with E-state index in [-0.39, 0.29) is 11.6 Å². The van der Waals surface area contributed by atoms with Crippen molar-refractivity contribution >= 4 is 11.2 Å². The predicted octanol–water partition coefficient (Wildman–Crippen LogP) is 0.111. The summed E-state index contributed by atoms with van der Waals surface area (Å²) in [6, 6.07) is 0.176. The van der Waals surface area contributed by atoms with Crippen LogP contribution in [0.4, 0.5) is 0 Å². The van der Waals surface area contributed by atoms with Crippen molar-refractivity contribution in [2.45, 2.75) is 18.9 Å². The minimum absolute atomic E-state index is 0.100. The van der Waals surface area contributed by atoms with Gasteiger partial charge in [0.15, 0.2) is 11.2 Å². The van der Waals surface area contributed by atoms with Crippen LogP contribution in [-0.4, -0.2) is 32.6 Å². The van der Waals surface area contributed by atoms with Gasteiger partial charge in [-0.25, -0.2) is 15.0 Å². The summed E-state index contributed by atoms with van der Waals surface area (Å²) in [5.41, 5.74) is 0.662. The molecule has 1 aliphatic rings. The van der Waals surface area contributed by atoms with Crippen LogP contribution in [0.2, 0.25) is 0 Å². The lowest BCUT2D eigenvalue weighted by atomic mass is 10.1. The molecule has 0 spiro atoms. The van der Waals surface area contributed by atoms with E-state index in [2.05, 4.69) is 20.3 Å². The van der Waals surface area contributed by atoms with E-state index in [1.165, 1.54) is 6.20 Å². The Bertz CT molecular complexity index is 588. The molecule has 1 atom stereocenters. The second-order valence-electron chi connectivity index (χ2n) is 4.19. The normalized spacial score (nSPS) is 20.6. The number of hydrogen-bond donors (Lipinski definition) is 1. The Morgan fingerprint density at radius 1 is 1.29 bits per heavy atom. The molecule has 2 aromatic heterocycles. The van der Waals surface area contributed by atoms with Crippen LogP contribution in [-0.2, 0) is 0 Å². The zero-order chi connectivity index (χ0) is 11.7. The molecule has 0 radical (unpaired) electrons. The summed E-state index contributed by atoms with van der Waals surface area (Å²) in [6.45, 7) is 1.83. The summed E-state index contributed by atoms with van der Waals surface area (Å²) >= 11 is 0. The molecule has 0 aromatic carbocycles. The van der Waals surface area contributed by atoms with E-state index < -0.39 is 0 Å². The van der Waals surface area contributed by atoms with Gasteiger partial charge in [0.1, 0.15) is 6.33 Å². The van der Waals surface area contributed by atoms with Crippen molar-refractivity contribution < 1.29 is 0 Å². The minimum atomic E-state index is -0.100. The standard InChI is InChI=1S/C11H13N5O/c17-11-9-10(14-5-4-13-9)15-7-16(11)8-2-1-3-12-6-8/h4-5,7-8,12H,1-3,6H2/t8-/m0/s1. The molecule has 0 unspecified atom stereocenters. The molecular formula is C11H13N5O. The Morgan fingerprint density at radius 2 is 2.18 bits per heavy atom. The lowest BCUT2D eigenvalue weighted by Gasteiger charge is -2.24. The maximum absolute atomic E-state index is 12.2. The molecular weight excluding hydrogens is 218 g/mol. The molecule has 0 aliphatic carbocycles. The van der Waals surface area contributed by atoms with E-state index in [1.54, 1.807) is 17.1 Å². The van der Waals surface area contributed by atoms with Crippen molar-refractivity contribution in [3.8, 4) is 0 Å². The van der Waals surface area contributed by atoms with Gasteiger partial charge in [0.25, 0.3) is 5.56 Å². The smallest absolute Gasteiger partial charge is 0.281 e. The first kappa shape index (κ1) is 10.3. The van der Waals surface area contributed by atoms with Crippen LogP contribution in [0.1, 0.15) is 18.9 Å². The average molecular weight is 231 g/mol. The van der Waals surface area contributed by atoms with Crippen LogP contribution in [0.3, 0.4) is 0 Å². The number of hydrogen-bond acceptors (Lipinski definition) is 5. The van der Waals surface area contributed by atoms with E-state index >= 15 is 0 Å². The molecule has 88 valence electrons. The van der Waals surface area contributed by atoms with Gasteiger partial charge in [0.05, 0.1) is 6.04 Å². The molecule has 0 bridgehead atoms. The summed E-state index contributed by atoms with van der Waals surface area (Å²) in [4.78, 5) is 24.5. The SMILES string of the molecule is O=c1c2nccnc2ncn1[C@H]1CCCNC1. The predicted molar refractivity (Wildman–Crippen MR) is 62.7 cm³/mol. The second kappa shape index (κ2) is 4.21. The number of aromatic nitrogens is 4. The molecule has 0 amide bonds. The molecule has 1 fully saturated rings. The third-order valence-corrected chi connectivity index (χ3v) is 3.08. The molecule has 6 heteroatoms. The molecule has 17 heavy (non-hydrogen) atoms. The zero-order valence-electron chi connectivity index (χ0n) is 9.33. The largest absolute Gasteiger partial charge is 0.315 e. The van der Waals surface area contributed by atoms with Gasteiger partial charge in [0.2, 0.25) is 0 Å². The average Bonchev–Trinajstić information content (AvgIpc) is 2.40. The Kier molecular flexibility index (Phi) is 2.56. The van der Waals surface area contributed by atoms with Gasteiger partial charge in [0, 0.05) is 18.9 Å². The van der Waals surface area contributed by atoms with Crippen molar-refractivity contribution in [3.63, 3.8) is 0 Å². The molecule has 2 aromatic rings. The van der Waals surface area contributed by atoms with Crippen LogP contribution in [0, 0.1) is 0 Å². The van der Waals surface area contributed by atoms with E-state index in [0.29, 0.717) is 11.2 Å². The first-order valence-corrected chi connectivity index (χ1v) is 5.75. The first-order chi connectivity index (χ1) is 8.36. The van der Waals surface area contributed by atoms with Gasteiger partial charge in [-0.1, -0.05) is 0 Å². The van der Waals surface area contributed by atoms with Gasteiger partial charge in [-0.3, -0.25) is 9.36 Å². The van der Waals surface area contributed by atoms with Crippen molar-refractivity contribution in [3.05, 3.63) is 29.1 Å². The van der Waals surface area contributed by atoms with Gasteiger partial charge in [-0.15, -0.1) is 0 Å². The highest BCUT2D eigenvalue weighted by Crippen LogP contribution is 2.14. The number of nitrogens with one attached hydrogen (secondary N) is 1. The number of piperidine rings is 1. The van der Waals surface area contributed by atoms with Crippen molar-refractivity contribution in [2.75, 3.05) is 13.1 Å². The van der Waals surface area contributed by atoms with Gasteiger partial charge < -0.3 is 5.32 Å². The molecule has 0 saturated carbocycles. The molecule has 1 aliphatic heterocycles. The zero-order valence-corrected chi connectivity index (χ0v) is 9.33. The monoisotopic (exact) mass is 231 g/mol. The molecule has 1 N–H and O–H groups in total. The molecule has 3 heterocycles. The molecule has 6 nitrogen and oxygen atoms in total. The summed E-state index contributed by atoms with van der Waals surface area (Å²) in [5.74, 6) is 0. The Balaban J connectivity index is 2.11. The van der Waals surface area contributed by atoms with Gasteiger partial charge in [-0.2, -0.15) is 0 Å². The molecule has 1 saturated heterocycles. The summed E-state index contributed by atoms with van der Waals surface area (Å²) < 4.78 is 1.67. The highest BCUT2D eigenvalue weighted by atomic mass is 16.1. The lowest BCUT2D eigenvalue weighted by Crippen LogP contribution is -2.36. The summed E-state index contributed by atoms with van der Waals surface area (Å²) in [5, 5.41) is 3.29.